The summed E-state index contributed by atoms with van der Waals surface area (Å²) in [7, 11) is 0. The van der Waals surface area contributed by atoms with Crippen LogP contribution in [-0.4, -0.2) is 9.38 Å². The van der Waals surface area contributed by atoms with E-state index in [9.17, 15) is 0 Å². The molecule has 0 saturated carbocycles. The summed E-state index contributed by atoms with van der Waals surface area (Å²) in [4.78, 5) is 4.98. The number of halogens is 1. The number of aromatic nitrogens is 2. The normalized spacial score (nSPS) is 11.0. The molecule has 28 heavy (non-hydrogen) atoms. The van der Waals surface area contributed by atoms with Gasteiger partial charge in [-0.15, -0.1) is 0 Å². The van der Waals surface area contributed by atoms with Crippen LogP contribution in [0.2, 0.25) is 0 Å². The Morgan fingerprint density at radius 2 is 1.25 bits per heavy atom. The molecule has 3 heteroatoms. The van der Waals surface area contributed by atoms with Gasteiger partial charge in [0.1, 0.15) is 5.65 Å². The van der Waals surface area contributed by atoms with Gasteiger partial charge >= 0.3 is 0 Å². The molecular weight excluding hydrogens is 408 g/mol. The standard InChI is InChI=1S/C25H17BrN2/c26-23-14-8-7-13-21(23)22-15-20(18-9-3-1-4-10-18)16-28-17-24(27-25(22)28)19-11-5-2-6-12-19/h1-17H. The van der Waals surface area contributed by atoms with Crippen LogP contribution in [0.15, 0.2) is 108 Å². The Kier molecular flexibility index (Phi) is 4.30. The third-order valence-electron chi connectivity index (χ3n) is 4.89. The van der Waals surface area contributed by atoms with Crippen molar-refractivity contribution in [2.75, 3.05) is 0 Å². The molecule has 0 radical (unpaired) electrons. The van der Waals surface area contributed by atoms with E-state index in [0.717, 1.165) is 38.1 Å². The van der Waals surface area contributed by atoms with Crippen LogP contribution in [0.1, 0.15) is 0 Å². The van der Waals surface area contributed by atoms with Gasteiger partial charge in [-0.25, -0.2) is 4.98 Å². The highest BCUT2D eigenvalue weighted by Gasteiger charge is 2.14. The first-order valence-corrected chi connectivity index (χ1v) is 9.97. The first kappa shape index (κ1) is 17.0. The number of nitrogens with zero attached hydrogens (tertiary/aromatic N) is 2. The van der Waals surface area contributed by atoms with Crippen molar-refractivity contribution in [3.63, 3.8) is 0 Å². The molecule has 2 heterocycles. The van der Waals surface area contributed by atoms with Gasteiger partial charge in [0.05, 0.1) is 5.69 Å². The molecule has 0 aliphatic rings. The summed E-state index contributed by atoms with van der Waals surface area (Å²) in [6.07, 6.45) is 4.27. The lowest BCUT2D eigenvalue weighted by atomic mass is 10.0. The molecular formula is C25H17BrN2. The first-order chi connectivity index (χ1) is 13.8. The van der Waals surface area contributed by atoms with Crippen LogP contribution >= 0.6 is 15.9 Å². The molecule has 2 nitrogen and oxygen atoms in total. The van der Waals surface area contributed by atoms with Crippen LogP contribution < -0.4 is 0 Å². The second-order valence-electron chi connectivity index (χ2n) is 6.71. The van der Waals surface area contributed by atoms with Crippen molar-refractivity contribution in [1.29, 1.82) is 0 Å². The van der Waals surface area contributed by atoms with E-state index in [-0.39, 0.29) is 0 Å². The maximum atomic E-state index is 4.98. The first-order valence-electron chi connectivity index (χ1n) is 9.18. The van der Waals surface area contributed by atoms with Crippen LogP contribution in [0.3, 0.4) is 0 Å². The number of hydrogen-bond acceptors (Lipinski definition) is 1. The Morgan fingerprint density at radius 1 is 0.607 bits per heavy atom. The fourth-order valence-corrected chi connectivity index (χ4v) is 4.01. The highest BCUT2D eigenvalue weighted by Crippen LogP contribution is 2.35. The van der Waals surface area contributed by atoms with Gasteiger partial charge in [0.2, 0.25) is 0 Å². The zero-order chi connectivity index (χ0) is 18.9. The van der Waals surface area contributed by atoms with E-state index in [1.54, 1.807) is 0 Å². The van der Waals surface area contributed by atoms with Gasteiger partial charge in [-0.2, -0.15) is 0 Å². The van der Waals surface area contributed by atoms with Crippen LogP contribution in [-0.2, 0) is 0 Å². The second-order valence-corrected chi connectivity index (χ2v) is 7.57. The maximum absolute atomic E-state index is 4.98. The predicted molar refractivity (Wildman–Crippen MR) is 119 cm³/mol. The third-order valence-corrected chi connectivity index (χ3v) is 5.58. The summed E-state index contributed by atoms with van der Waals surface area (Å²) in [5.74, 6) is 0. The summed E-state index contributed by atoms with van der Waals surface area (Å²) >= 11 is 3.71. The van der Waals surface area contributed by atoms with Crippen molar-refractivity contribution in [3.05, 3.63) is 108 Å². The molecule has 0 N–H and O–H groups in total. The second kappa shape index (κ2) is 7.10. The molecule has 0 fully saturated rings. The molecule has 0 atom stereocenters. The lowest BCUT2D eigenvalue weighted by Gasteiger charge is -2.10. The number of benzene rings is 3. The average molecular weight is 425 g/mol. The molecule has 0 saturated heterocycles. The van der Waals surface area contributed by atoms with E-state index in [4.69, 9.17) is 4.98 Å². The molecule has 0 aliphatic heterocycles. The van der Waals surface area contributed by atoms with Crippen molar-refractivity contribution in [3.8, 4) is 33.5 Å². The molecule has 5 rings (SSSR count). The minimum atomic E-state index is 0.949. The van der Waals surface area contributed by atoms with Gasteiger partial charge in [0.25, 0.3) is 0 Å². The predicted octanol–water partition coefficient (Wildman–Crippen LogP) is 7.10. The number of fused-ring (bicyclic) bond motifs is 1. The van der Waals surface area contributed by atoms with Crippen molar-refractivity contribution in [2.45, 2.75) is 0 Å². The molecule has 0 unspecified atom stereocenters. The Bertz CT molecular complexity index is 1260. The van der Waals surface area contributed by atoms with E-state index in [2.05, 4.69) is 93.4 Å². The van der Waals surface area contributed by atoms with E-state index >= 15 is 0 Å². The third kappa shape index (κ3) is 3.04. The van der Waals surface area contributed by atoms with Crippen LogP contribution in [0, 0.1) is 0 Å². The van der Waals surface area contributed by atoms with E-state index in [1.807, 2.05) is 30.3 Å². The minimum absolute atomic E-state index is 0.949. The average Bonchev–Trinajstić information content (AvgIpc) is 3.19. The van der Waals surface area contributed by atoms with Crippen LogP contribution in [0.5, 0.6) is 0 Å². The summed E-state index contributed by atoms with van der Waals surface area (Å²) in [6, 6.07) is 31.3. The maximum Gasteiger partial charge on any atom is 0.145 e. The van der Waals surface area contributed by atoms with Crippen molar-refractivity contribution < 1.29 is 0 Å². The van der Waals surface area contributed by atoms with E-state index in [1.165, 1.54) is 5.56 Å². The molecule has 5 aromatic rings. The molecule has 2 aromatic heterocycles. The zero-order valence-corrected chi connectivity index (χ0v) is 16.7. The molecule has 3 aromatic carbocycles. The number of rotatable bonds is 3. The number of hydrogen-bond donors (Lipinski definition) is 0. The Balaban J connectivity index is 1.80. The Hall–Kier alpha value is -3.17. The lowest BCUT2D eigenvalue weighted by molar-refractivity contribution is 1.19. The summed E-state index contributed by atoms with van der Waals surface area (Å²) in [6.45, 7) is 0. The number of imidazole rings is 1. The van der Waals surface area contributed by atoms with Crippen LogP contribution in [0.25, 0.3) is 39.2 Å². The van der Waals surface area contributed by atoms with Crippen LogP contribution in [0.4, 0.5) is 0 Å². The number of pyridine rings is 1. The van der Waals surface area contributed by atoms with E-state index in [0.29, 0.717) is 0 Å². The molecule has 134 valence electrons. The largest absolute Gasteiger partial charge is 0.305 e. The monoisotopic (exact) mass is 424 g/mol. The van der Waals surface area contributed by atoms with Gasteiger partial charge in [-0.05, 0) is 28.8 Å². The van der Waals surface area contributed by atoms with Gasteiger partial charge in [0.15, 0.2) is 0 Å². The minimum Gasteiger partial charge on any atom is -0.305 e. The Labute approximate surface area is 172 Å². The van der Waals surface area contributed by atoms with Gasteiger partial charge in [-0.1, -0.05) is 94.8 Å². The molecule has 0 amide bonds. The summed E-state index contributed by atoms with van der Waals surface area (Å²) in [5, 5.41) is 0. The molecule has 0 bridgehead atoms. The SMILES string of the molecule is Brc1ccccc1-c1cc(-c2ccccc2)cn2cc(-c3ccccc3)nc12. The van der Waals surface area contributed by atoms with E-state index < -0.39 is 0 Å². The van der Waals surface area contributed by atoms with Crippen molar-refractivity contribution in [2.24, 2.45) is 0 Å². The van der Waals surface area contributed by atoms with Gasteiger partial charge < -0.3 is 4.40 Å². The lowest BCUT2D eigenvalue weighted by Crippen LogP contribution is -1.91. The zero-order valence-electron chi connectivity index (χ0n) is 15.1. The highest BCUT2D eigenvalue weighted by molar-refractivity contribution is 9.10. The van der Waals surface area contributed by atoms with Gasteiger partial charge in [0, 0.05) is 28.0 Å². The topological polar surface area (TPSA) is 17.3 Å². The highest BCUT2D eigenvalue weighted by atomic mass is 79.9. The Morgan fingerprint density at radius 3 is 1.96 bits per heavy atom. The summed E-state index contributed by atoms with van der Waals surface area (Å²) < 4.78 is 3.20. The molecule has 0 aliphatic carbocycles. The smallest absolute Gasteiger partial charge is 0.145 e. The van der Waals surface area contributed by atoms with Crippen molar-refractivity contribution >= 4 is 21.6 Å². The molecule has 0 spiro atoms. The quantitative estimate of drug-likeness (QED) is 0.301. The summed E-state index contributed by atoms with van der Waals surface area (Å²) in [5.41, 5.74) is 7.63. The fraction of sp³-hybridized carbons (Fsp3) is 0. The fourth-order valence-electron chi connectivity index (χ4n) is 3.51. The van der Waals surface area contributed by atoms with Crippen molar-refractivity contribution in [1.82, 2.24) is 9.38 Å². The van der Waals surface area contributed by atoms with Gasteiger partial charge in [-0.3, -0.25) is 0 Å².